The number of nitrogens with zero attached hydrogens (tertiary/aromatic N) is 1. The molecule has 0 bridgehead atoms. The van der Waals surface area contributed by atoms with Crippen molar-refractivity contribution in [2.45, 2.75) is 53.8 Å². The van der Waals surface area contributed by atoms with E-state index < -0.39 is 8.80 Å². The van der Waals surface area contributed by atoms with Gasteiger partial charge in [-0.2, -0.15) is 0 Å². The molecule has 141 valence electrons. The molecule has 0 spiro atoms. The van der Waals surface area contributed by atoms with Gasteiger partial charge in [-0.05, 0) is 91.0 Å². The normalized spacial score (nSPS) is 17.2. The summed E-state index contributed by atoms with van der Waals surface area (Å²) in [6.07, 6.45) is 4.93. The van der Waals surface area contributed by atoms with Crippen molar-refractivity contribution < 1.29 is 0 Å². The molecule has 0 saturated carbocycles. The van der Waals surface area contributed by atoms with Crippen molar-refractivity contribution >= 4 is 14.4 Å². The maximum atomic E-state index is 2.52. The molecule has 1 aliphatic rings. The lowest BCUT2D eigenvalue weighted by Gasteiger charge is -2.35. The van der Waals surface area contributed by atoms with Gasteiger partial charge >= 0.3 is 0 Å². The largest absolute Gasteiger partial charge is 0.370 e. The molecule has 1 unspecified atom stereocenters. The van der Waals surface area contributed by atoms with Gasteiger partial charge in [-0.15, -0.1) is 0 Å². The third-order valence-corrected chi connectivity index (χ3v) is 7.32. The maximum Gasteiger partial charge on any atom is 0.0819 e. The van der Waals surface area contributed by atoms with Crippen molar-refractivity contribution in [1.29, 1.82) is 0 Å². The van der Waals surface area contributed by atoms with E-state index in [2.05, 4.69) is 102 Å². The van der Waals surface area contributed by atoms with Crippen LogP contribution in [0, 0.1) is 34.6 Å². The van der Waals surface area contributed by atoms with Gasteiger partial charge in [0.25, 0.3) is 0 Å². The van der Waals surface area contributed by atoms with E-state index in [0.29, 0.717) is 0 Å². The van der Waals surface area contributed by atoms with Gasteiger partial charge in [0.05, 0.1) is 14.8 Å². The Morgan fingerprint density at radius 1 is 0.889 bits per heavy atom. The number of likely N-dealkylation sites (N-methyl/N-ethyl adjacent to an activating group) is 1. The number of hydrogen-bond donors (Lipinski definition) is 0. The molecule has 2 aromatic carbocycles. The van der Waals surface area contributed by atoms with E-state index in [1.54, 1.807) is 0 Å². The molecule has 1 heterocycles. The number of aryl methyl sites for hydroxylation is 4. The van der Waals surface area contributed by atoms with Crippen LogP contribution in [0.4, 0.5) is 0 Å². The maximum absolute atomic E-state index is 2.52. The fourth-order valence-electron chi connectivity index (χ4n) is 4.26. The highest BCUT2D eigenvalue weighted by atomic mass is 28.3. The van der Waals surface area contributed by atoms with E-state index in [1.165, 1.54) is 49.7 Å². The highest BCUT2D eigenvalue weighted by Gasteiger charge is 2.26. The van der Waals surface area contributed by atoms with Gasteiger partial charge in [-0.25, -0.2) is 0 Å². The topological polar surface area (TPSA) is 3.24 Å². The zero-order valence-corrected chi connectivity index (χ0v) is 19.1. The second-order valence-electron chi connectivity index (χ2n) is 8.30. The van der Waals surface area contributed by atoms with E-state index in [-0.39, 0.29) is 6.04 Å². The van der Waals surface area contributed by atoms with Gasteiger partial charge in [0.1, 0.15) is 0 Å². The Morgan fingerprint density at radius 3 is 2.11 bits per heavy atom. The van der Waals surface area contributed by atoms with Crippen LogP contribution in [-0.4, -0.2) is 20.7 Å². The minimum absolute atomic E-state index is 0.280. The average molecular weight is 375 g/mol. The van der Waals surface area contributed by atoms with Crippen LogP contribution < -0.4 is 0 Å². The van der Waals surface area contributed by atoms with Gasteiger partial charge in [0.2, 0.25) is 0 Å². The van der Waals surface area contributed by atoms with Crippen molar-refractivity contribution in [1.82, 2.24) is 4.90 Å². The Morgan fingerprint density at radius 2 is 1.52 bits per heavy atom. The Balaban J connectivity index is 2.23. The first-order valence-corrected chi connectivity index (χ1v) is 12.3. The molecule has 2 heteroatoms. The fourth-order valence-corrected chi connectivity index (χ4v) is 5.47. The van der Waals surface area contributed by atoms with Crippen LogP contribution in [0.5, 0.6) is 0 Å². The van der Waals surface area contributed by atoms with E-state index in [0.717, 1.165) is 0 Å². The van der Waals surface area contributed by atoms with Crippen molar-refractivity contribution in [3.63, 3.8) is 0 Å². The first-order chi connectivity index (χ1) is 12.7. The van der Waals surface area contributed by atoms with Crippen LogP contribution >= 0.6 is 0 Å². The molecule has 0 amide bonds. The molecule has 27 heavy (non-hydrogen) atoms. The summed E-state index contributed by atoms with van der Waals surface area (Å²) < 4.78 is 0. The molecule has 0 N–H and O–H groups in total. The SMILES string of the molecule is Cc1cc(C)c(C)c(C2C=C(c3c(C)cccc3C)C([Si](C)C)=CN2C)c1. The molecule has 1 aliphatic heterocycles. The van der Waals surface area contributed by atoms with Gasteiger partial charge < -0.3 is 4.90 Å². The predicted molar refractivity (Wildman–Crippen MR) is 121 cm³/mol. The number of rotatable bonds is 3. The Hall–Kier alpha value is -2.06. The lowest BCUT2D eigenvalue weighted by atomic mass is 9.88. The molecular weight excluding hydrogens is 342 g/mol. The molecule has 0 saturated heterocycles. The summed E-state index contributed by atoms with van der Waals surface area (Å²) in [4.78, 5) is 2.41. The van der Waals surface area contributed by atoms with E-state index >= 15 is 0 Å². The lowest BCUT2D eigenvalue weighted by molar-refractivity contribution is 0.388. The molecule has 1 atom stereocenters. The molecule has 0 fully saturated rings. The van der Waals surface area contributed by atoms with E-state index in [9.17, 15) is 0 Å². The van der Waals surface area contributed by atoms with Crippen LogP contribution in [0.3, 0.4) is 0 Å². The third kappa shape index (κ3) is 3.68. The number of hydrogen-bond acceptors (Lipinski definition) is 1. The molecule has 2 aromatic rings. The highest BCUT2D eigenvalue weighted by Crippen LogP contribution is 2.39. The Kier molecular flexibility index (Phi) is 5.48. The quantitative estimate of drug-likeness (QED) is 0.556. The van der Waals surface area contributed by atoms with Crippen molar-refractivity contribution in [2.75, 3.05) is 7.05 Å². The van der Waals surface area contributed by atoms with Gasteiger partial charge in [0.15, 0.2) is 0 Å². The summed E-state index contributed by atoms with van der Waals surface area (Å²) in [5.74, 6) is 0. The first-order valence-electron chi connectivity index (χ1n) is 9.81. The van der Waals surface area contributed by atoms with E-state index in [4.69, 9.17) is 0 Å². The van der Waals surface area contributed by atoms with Gasteiger partial charge in [0, 0.05) is 7.05 Å². The van der Waals surface area contributed by atoms with Crippen LogP contribution in [0.2, 0.25) is 13.1 Å². The van der Waals surface area contributed by atoms with Crippen LogP contribution in [0.25, 0.3) is 5.57 Å². The molecule has 0 aromatic heterocycles. The van der Waals surface area contributed by atoms with Crippen LogP contribution in [0.1, 0.15) is 45.0 Å². The first kappa shape index (κ1) is 19.7. The van der Waals surface area contributed by atoms with Crippen LogP contribution in [-0.2, 0) is 0 Å². The number of benzene rings is 2. The monoisotopic (exact) mass is 374 g/mol. The highest BCUT2D eigenvalue weighted by molar-refractivity contribution is 6.67. The molecule has 0 aliphatic carbocycles. The molecule has 1 radical (unpaired) electrons. The minimum atomic E-state index is -0.576. The minimum Gasteiger partial charge on any atom is -0.370 e. The Bertz CT molecular complexity index is 913. The Labute approximate surface area is 167 Å². The summed E-state index contributed by atoms with van der Waals surface area (Å²) >= 11 is 0. The predicted octanol–water partition coefficient (Wildman–Crippen LogP) is 6.48. The van der Waals surface area contributed by atoms with Crippen LogP contribution in [0.15, 0.2) is 47.8 Å². The summed E-state index contributed by atoms with van der Waals surface area (Å²) in [7, 11) is 1.65. The summed E-state index contributed by atoms with van der Waals surface area (Å²) in [6, 6.07) is 11.6. The van der Waals surface area contributed by atoms with Crippen molar-refractivity contribution in [3.05, 3.63) is 86.7 Å². The van der Waals surface area contributed by atoms with Crippen molar-refractivity contribution in [2.24, 2.45) is 0 Å². The second kappa shape index (κ2) is 7.51. The summed E-state index contributed by atoms with van der Waals surface area (Å²) in [5.41, 5.74) is 11.2. The van der Waals surface area contributed by atoms with Gasteiger partial charge in [-0.1, -0.05) is 49.0 Å². The fraction of sp³-hybridized carbons (Fsp3) is 0.360. The third-order valence-electron chi connectivity index (χ3n) is 5.85. The lowest BCUT2D eigenvalue weighted by Crippen LogP contribution is -2.26. The second-order valence-corrected chi connectivity index (χ2v) is 10.8. The molecule has 1 nitrogen and oxygen atoms in total. The number of allylic oxidation sites excluding steroid dienone is 2. The smallest absolute Gasteiger partial charge is 0.0819 e. The summed E-state index contributed by atoms with van der Waals surface area (Å²) in [5, 5.41) is 1.53. The van der Waals surface area contributed by atoms with Crippen molar-refractivity contribution in [3.8, 4) is 0 Å². The molecule has 3 rings (SSSR count). The standard InChI is InChI=1S/C25H32NSi/c1-16-12-19(4)20(5)21(13-16)23-14-22(24(27(7)8)15-26(23)6)25-17(2)10-9-11-18(25)3/h9-15,23H,1-8H3. The average Bonchev–Trinajstić information content (AvgIpc) is 2.58. The van der Waals surface area contributed by atoms with Gasteiger partial charge in [-0.3, -0.25) is 0 Å². The zero-order chi connectivity index (χ0) is 19.9. The zero-order valence-electron chi connectivity index (χ0n) is 18.1. The molecular formula is C25H32NSi. The summed E-state index contributed by atoms with van der Waals surface area (Å²) in [6.45, 7) is 16.0. The van der Waals surface area contributed by atoms with E-state index in [1.807, 2.05) is 0 Å².